The molecule has 0 spiro atoms. The van der Waals surface area contributed by atoms with Gasteiger partial charge in [0.25, 0.3) is 5.69 Å². The Balaban J connectivity index is 1.87. The van der Waals surface area contributed by atoms with Crippen LogP contribution in [0, 0.1) is 24.0 Å². The molecule has 0 fully saturated rings. The Hall–Kier alpha value is -2.41. The van der Waals surface area contributed by atoms with Crippen LogP contribution in [-0.2, 0) is 6.54 Å². The van der Waals surface area contributed by atoms with Crippen LogP contribution >= 0.6 is 0 Å². The van der Waals surface area contributed by atoms with E-state index in [1.807, 2.05) is 19.9 Å². The molecule has 7 nitrogen and oxygen atoms in total. The number of non-ortho nitro benzene ring substituents is 1. The molecule has 1 heterocycles. The maximum atomic E-state index is 10.5. The number of hydrogen-bond acceptors (Lipinski definition) is 5. The van der Waals surface area contributed by atoms with Crippen molar-refractivity contribution in [2.45, 2.75) is 26.5 Å². The van der Waals surface area contributed by atoms with Gasteiger partial charge < -0.3 is 9.84 Å². The summed E-state index contributed by atoms with van der Waals surface area (Å²) >= 11 is 0. The summed E-state index contributed by atoms with van der Waals surface area (Å²) < 4.78 is 7.13. The Morgan fingerprint density at radius 3 is 2.57 bits per heavy atom. The minimum Gasteiger partial charge on any atom is -0.491 e. The second-order valence-electron chi connectivity index (χ2n) is 4.83. The van der Waals surface area contributed by atoms with Gasteiger partial charge in [-0.3, -0.25) is 14.8 Å². The molecule has 7 heteroatoms. The average molecular weight is 291 g/mol. The van der Waals surface area contributed by atoms with Crippen molar-refractivity contribution >= 4 is 5.69 Å². The molecule has 1 aromatic carbocycles. The van der Waals surface area contributed by atoms with Gasteiger partial charge in [-0.05, 0) is 32.0 Å². The van der Waals surface area contributed by atoms with Gasteiger partial charge in [0, 0.05) is 17.8 Å². The van der Waals surface area contributed by atoms with Gasteiger partial charge in [-0.1, -0.05) is 0 Å². The van der Waals surface area contributed by atoms with Crippen molar-refractivity contribution in [1.29, 1.82) is 0 Å². The van der Waals surface area contributed by atoms with E-state index >= 15 is 0 Å². The van der Waals surface area contributed by atoms with Crippen molar-refractivity contribution in [3.05, 3.63) is 51.8 Å². The van der Waals surface area contributed by atoms with Crippen LogP contribution in [0.15, 0.2) is 30.3 Å². The maximum absolute atomic E-state index is 10.5. The van der Waals surface area contributed by atoms with Crippen LogP contribution in [0.25, 0.3) is 0 Å². The second kappa shape index (κ2) is 6.36. The Labute approximate surface area is 121 Å². The highest BCUT2D eigenvalue weighted by molar-refractivity contribution is 5.35. The van der Waals surface area contributed by atoms with Crippen LogP contribution in [0.1, 0.15) is 11.4 Å². The predicted molar refractivity (Wildman–Crippen MR) is 76.3 cm³/mol. The summed E-state index contributed by atoms with van der Waals surface area (Å²) in [5, 5.41) is 24.7. The lowest BCUT2D eigenvalue weighted by Crippen LogP contribution is -2.24. The zero-order valence-corrected chi connectivity index (χ0v) is 11.9. The number of aryl methyl sites for hydroxylation is 2. The first-order valence-electron chi connectivity index (χ1n) is 6.52. The van der Waals surface area contributed by atoms with Gasteiger partial charge in [-0.25, -0.2) is 0 Å². The Morgan fingerprint density at radius 1 is 1.38 bits per heavy atom. The lowest BCUT2D eigenvalue weighted by Gasteiger charge is -2.13. The van der Waals surface area contributed by atoms with Gasteiger partial charge in [-0.15, -0.1) is 0 Å². The number of hydrogen-bond donors (Lipinski definition) is 1. The molecule has 0 bridgehead atoms. The fourth-order valence-electron chi connectivity index (χ4n) is 1.97. The quantitative estimate of drug-likeness (QED) is 0.648. The van der Waals surface area contributed by atoms with E-state index in [0.717, 1.165) is 11.4 Å². The molecule has 21 heavy (non-hydrogen) atoms. The summed E-state index contributed by atoms with van der Waals surface area (Å²) in [4.78, 5) is 10.1. The first-order chi connectivity index (χ1) is 9.95. The highest BCUT2D eigenvalue weighted by atomic mass is 16.6. The summed E-state index contributed by atoms with van der Waals surface area (Å²) in [5.41, 5.74) is 1.88. The van der Waals surface area contributed by atoms with Crippen LogP contribution in [0.3, 0.4) is 0 Å². The van der Waals surface area contributed by atoms with E-state index < -0.39 is 11.0 Å². The number of aliphatic hydroxyl groups is 1. The second-order valence-corrected chi connectivity index (χ2v) is 4.83. The first-order valence-corrected chi connectivity index (χ1v) is 6.52. The van der Waals surface area contributed by atoms with E-state index in [1.54, 1.807) is 4.68 Å². The summed E-state index contributed by atoms with van der Waals surface area (Å²) in [5.74, 6) is 0.480. The van der Waals surface area contributed by atoms with Crippen LogP contribution < -0.4 is 4.74 Å². The molecule has 0 unspecified atom stereocenters. The van der Waals surface area contributed by atoms with Crippen molar-refractivity contribution in [3.8, 4) is 5.75 Å². The van der Waals surface area contributed by atoms with Gasteiger partial charge in [-0.2, -0.15) is 5.10 Å². The molecular formula is C14H17N3O4. The highest BCUT2D eigenvalue weighted by Crippen LogP contribution is 2.17. The fraction of sp³-hybridized carbons (Fsp3) is 0.357. The standard InChI is InChI=1S/C14H17N3O4/c1-10-7-11(2)16(15-10)8-13(18)9-21-14-5-3-12(4-6-14)17(19)20/h3-7,13,18H,8-9H2,1-2H3/t13-/m1/s1. The molecule has 0 radical (unpaired) electrons. The van der Waals surface area contributed by atoms with Crippen LogP contribution in [0.5, 0.6) is 5.75 Å². The first kappa shape index (κ1) is 15.0. The molecule has 0 aliphatic rings. The number of aliphatic hydroxyl groups excluding tert-OH is 1. The number of benzene rings is 1. The average Bonchev–Trinajstić information content (AvgIpc) is 2.75. The van der Waals surface area contributed by atoms with Crippen LogP contribution in [-0.4, -0.2) is 32.5 Å². The normalized spacial score (nSPS) is 12.1. The van der Waals surface area contributed by atoms with Gasteiger partial charge in [0.2, 0.25) is 0 Å². The van der Waals surface area contributed by atoms with Crippen LogP contribution in [0.4, 0.5) is 5.69 Å². The number of aromatic nitrogens is 2. The number of nitro benzene ring substituents is 1. The van der Waals surface area contributed by atoms with Crippen LogP contribution in [0.2, 0.25) is 0 Å². The lowest BCUT2D eigenvalue weighted by atomic mass is 10.3. The molecule has 2 rings (SSSR count). The van der Waals surface area contributed by atoms with E-state index in [0.29, 0.717) is 12.3 Å². The number of nitrogens with zero attached hydrogens (tertiary/aromatic N) is 3. The van der Waals surface area contributed by atoms with Gasteiger partial charge in [0.05, 0.1) is 17.2 Å². The number of rotatable bonds is 6. The summed E-state index contributed by atoms with van der Waals surface area (Å²) in [6.45, 7) is 4.25. The van der Waals surface area contributed by atoms with E-state index in [4.69, 9.17) is 4.74 Å². The molecular weight excluding hydrogens is 274 g/mol. The van der Waals surface area contributed by atoms with Gasteiger partial charge in [0.1, 0.15) is 18.5 Å². The molecule has 112 valence electrons. The zero-order chi connectivity index (χ0) is 15.4. The van der Waals surface area contributed by atoms with Crippen molar-refractivity contribution in [2.75, 3.05) is 6.61 Å². The number of nitro groups is 1. The van der Waals surface area contributed by atoms with Crippen molar-refractivity contribution in [1.82, 2.24) is 9.78 Å². The molecule has 0 amide bonds. The summed E-state index contributed by atoms with van der Waals surface area (Å²) in [6, 6.07) is 7.68. The van der Waals surface area contributed by atoms with E-state index in [1.165, 1.54) is 24.3 Å². The Bertz CT molecular complexity index is 622. The monoisotopic (exact) mass is 291 g/mol. The van der Waals surface area contributed by atoms with Crippen molar-refractivity contribution < 1.29 is 14.8 Å². The third-order valence-electron chi connectivity index (χ3n) is 2.98. The molecule has 0 saturated carbocycles. The Kier molecular flexibility index (Phi) is 4.54. The van der Waals surface area contributed by atoms with Gasteiger partial charge >= 0.3 is 0 Å². The minimum atomic E-state index is -0.710. The molecule has 1 N–H and O–H groups in total. The third-order valence-corrected chi connectivity index (χ3v) is 2.98. The van der Waals surface area contributed by atoms with E-state index in [-0.39, 0.29) is 12.3 Å². The van der Waals surface area contributed by atoms with Crippen molar-refractivity contribution in [3.63, 3.8) is 0 Å². The largest absolute Gasteiger partial charge is 0.491 e. The molecule has 1 aromatic heterocycles. The molecule has 0 saturated heterocycles. The van der Waals surface area contributed by atoms with Crippen molar-refractivity contribution in [2.24, 2.45) is 0 Å². The lowest BCUT2D eigenvalue weighted by molar-refractivity contribution is -0.384. The van der Waals surface area contributed by atoms with E-state index in [2.05, 4.69) is 5.10 Å². The minimum absolute atomic E-state index is 0.00513. The fourth-order valence-corrected chi connectivity index (χ4v) is 1.97. The van der Waals surface area contributed by atoms with Gasteiger partial charge in [0.15, 0.2) is 0 Å². The molecule has 0 aliphatic carbocycles. The maximum Gasteiger partial charge on any atom is 0.269 e. The Morgan fingerprint density at radius 2 is 2.05 bits per heavy atom. The third kappa shape index (κ3) is 4.03. The summed E-state index contributed by atoms with van der Waals surface area (Å²) in [7, 11) is 0. The highest BCUT2D eigenvalue weighted by Gasteiger charge is 2.10. The molecule has 2 aromatic rings. The molecule has 1 atom stereocenters. The molecule has 0 aliphatic heterocycles. The predicted octanol–water partition coefficient (Wildman–Crippen LogP) is 1.85. The van der Waals surface area contributed by atoms with E-state index in [9.17, 15) is 15.2 Å². The smallest absolute Gasteiger partial charge is 0.269 e. The zero-order valence-electron chi connectivity index (χ0n) is 11.9. The number of ether oxygens (including phenoxy) is 1. The SMILES string of the molecule is Cc1cc(C)n(C[C@@H](O)COc2ccc([N+](=O)[O-])cc2)n1. The summed E-state index contributed by atoms with van der Waals surface area (Å²) in [6.07, 6.45) is -0.710. The topological polar surface area (TPSA) is 90.4 Å².